The van der Waals surface area contributed by atoms with Crippen LogP contribution in [0.25, 0.3) is 10.2 Å². The van der Waals surface area contributed by atoms with Gasteiger partial charge in [-0.05, 0) is 37.1 Å². The van der Waals surface area contributed by atoms with E-state index in [0.717, 1.165) is 34.7 Å². The number of nitrogens with one attached hydrogen (secondary N) is 1. The Morgan fingerprint density at radius 1 is 1.23 bits per heavy atom. The van der Waals surface area contributed by atoms with Crippen molar-refractivity contribution >= 4 is 44.2 Å². The molecule has 0 aliphatic carbocycles. The second-order valence-corrected chi connectivity index (χ2v) is 8.14. The van der Waals surface area contributed by atoms with Gasteiger partial charge in [-0.3, -0.25) is 4.79 Å². The van der Waals surface area contributed by atoms with Crippen LogP contribution in [0.15, 0.2) is 48.5 Å². The number of hydrogen-bond donors (Lipinski definition) is 1. The third-order valence-corrected chi connectivity index (χ3v) is 6.13. The van der Waals surface area contributed by atoms with Crippen molar-refractivity contribution in [2.24, 2.45) is 5.92 Å². The summed E-state index contributed by atoms with van der Waals surface area (Å²) in [6.45, 7) is 1.37. The van der Waals surface area contributed by atoms with Crippen LogP contribution in [-0.4, -0.2) is 43.7 Å². The van der Waals surface area contributed by atoms with Crippen LogP contribution in [-0.2, 0) is 14.3 Å². The number of rotatable bonds is 6. The van der Waals surface area contributed by atoms with E-state index in [1.807, 2.05) is 18.2 Å². The molecule has 7 nitrogen and oxygen atoms in total. The van der Waals surface area contributed by atoms with Crippen LogP contribution in [0.1, 0.15) is 12.8 Å². The van der Waals surface area contributed by atoms with E-state index in [9.17, 15) is 9.59 Å². The molecule has 2 heterocycles. The summed E-state index contributed by atoms with van der Waals surface area (Å²) in [5.74, 6) is -0.101. The van der Waals surface area contributed by atoms with Gasteiger partial charge in [-0.15, -0.1) is 0 Å². The fourth-order valence-corrected chi connectivity index (χ4v) is 4.47. The highest BCUT2D eigenvalue weighted by molar-refractivity contribution is 7.22. The lowest BCUT2D eigenvalue weighted by Crippen LogP contribution is -2.40. The molecule has 2 aromatic carbocycles. The lowest BCUT2D eigenvalue weighted by molar-refractivity contribution is -0.142. The number of carbonyl (C=O) groups is 2. The Morgan fingerprint density at radius 2 is 2.10 bits per heavy atom. The molecular weight excluding hydrogens is 402 g/mol. The number of carbonyl (C=O) groups excluding carboxylic acids is 2. The van der Waals surface area contributed by atoms with Gasteiger partial charge in [0, 0.05) is 24.8 Å². The minimum absolute atomic E-state index is 0.0223. The number of benzene rings is 2. The molecule has 0 spiro atoms. The van der Waals surface area contributed by atoms with Gasteiger partial charge in [-0.25, -0.2) is 9.78 Å². The van der Waals surface area contributed by atoms with Crippen molar-refractivity contribution in [3.8, 4) is 5.75 Å². The molecule has 1 saturated heterocycles. The molecule has 1 aromatic heterocycles. The van der Waals surface area contributed by atoms with Crippen molar-refractivity contribution in [3.05, 3.63) is 48.5 Å². The van der Waals surface area contributed by atoms with E-state index in [1.54, 1.807) is 35.6 Å². The molecule has 0 saturated carbocycles. The van der Waals surface area contributed by atoms with Gasteiger partial charge >= 0.3 is 5.97 Å². The number of thiazole rings is 1. The van der Waals surface area contributed by atoms with Crippen molar-refractivity contribution in [2.45, 2.75) is 12.8 Å². The normalized spacial score (nSPS) is 16.3. The van der Waals surface area contributed by atoms with E-state index in [4.69, 9.17) is 9.72 Å². The molecule has 3 aromatic rings. The smallest absolute Gasteiger partial charge is 0.343 e. The maximum atomic E-state index is 12.9. The number of piperidine rings is 1. The molecule has 0 unspecified atom stereocenters. The molecule has 1 aliphatic heterocycles. The number of anilines is 2. The van der Waals surface area contributed by atoms with Crippen LogP contribution in [0.2, 0.25) is 0 Å². The number of fused-ring (bicyclic) bond motifs is 1. The Labute approximate surface area is 178 Å². The zero-order valence-electron chi connectivity index (χ0n) is 16.7. The van der Waals surface area contributed by atoms with E-state index in [2.05, 4.69) is 21.0 Å². The van der Waals surface area contributed by atoms with Crippen LogP contribution < -0.4 is 15.0 Å². The van der Waals surface area contributed by atoms with Gasteiger partial charge in [0.15, 0.2) is 11.7 Å². The highest BCUT2D eigenvalue weighted by Gasteiger charge is 2.27. The van der Waals surface area contributed by atoms with Crippen molar-refractivity contribution in [2.75, 3.05) is 37.0 Å². The predicted octanol–water partition coefficient (Wildman–Crippen LogP) is 3.70. The van der Waals surface area contributed by atoms with Gasteiger partial charge in [0.1, 0.15) is 5.75 Å². The Hall–Kier alpha value is -3.13. The lowest BCUT2D eigenvalue weighted by Gasteiger charge is -2.31. The van der Waals surface area contributed by atoms with Crippen LogP contribution in [0.5, 0.6) is 5.75 Å². The average Bonchev–Trinajstić information content (AvgIpc) is 3.22. The SMILES string of the molecule is COC(=O)COc1cccc(NC(=O)[C@H]2CCCN(c3nc4ccccc4s3)C2)c1. The summed E-state index contributed by atoms with van der Waals surface area (Å²) < 4.78 is 11.1. The van der Waals surface area contributed by atoms with Crippen molar-refractivity contribution in [3.63, 3.8) is 0 Å². The maximum absolute atomic E-state index is 12.9. The highest BCUT2D eigenvalue weighted by atomic mass is 32.1. The number of esters is 1. The molecule has 8 heteroatoms. The number of hydrogen-bond acceptors (Lipinski definition) is 7. The monoisotopic (exact) mass is 425 g/mol. The molecule has 30 heavy (non-hydrogen) atoms. The molecule has 0 radical (unpaired) electrons. The van der Waals surface area contributed by atoms with Gasteiger partial charge in [0.05, 0.1) is 23.2 Å². The van der Waals surface area contributed by atoms with E-state index >= 15 is 0 Å². The zero-order valence-corrected chi connectivity index (χ0v) is 17.5. The van der Waals surface area contributed by atoms with Gasteiger partial charge in [0.2, 0.25) is 5.91 Å². The summed E-state index contributed by atoms with van der Waals surface area (Å²) >= 11 is 1.66. The van der Waals surface area contributed by atoms with Gasteiger partial charge in [0.25, 0.3) is 0 Å². The summed E-state index contributed by atoms with van der Waals surface area (Å²) in [5, 5.41) is 3.94. The Balaban J connectivity index is 1.39. The highest BCUT2D eigenvalue weighted by Crippen LogP contribution is 2.31. The second kappa shape index (κ2) is 9.13. The number of aromatic nitrogens is 1. The quantitative estimate of drug-likeness (QED) is 0.607. The molecule has 1 atom stereocenters. The summed E-state index contributed by atoms with van der Waals surface area (Å²) in [6, 6.07) is 15.1. The molecular formula is C22H23N3O4S. The maximum Gasteiger partial charge on any atom is 0.343 e. The molecule has 0 bridgehead atoms. The third-order valence-electron chi connectivity index (χ3n) is 5.03. The van der Waals surface area contributed by atoms with E-state index in [-0.39, 0.29) is 18.4 Å². The van der Waals surface area contributed by atoms with Crippen LogP contribution >= 0.6 is 11.3 Å². The molecule has 1 aliphatic rings. The standard InChI is InChI=1S/C22H23N3O4S/c1-28-20(26)14-29-17-8-4-7-16(12-17)23-21(27)15-6-5-11-25(13-15)22-24-18-9-2-3-10-19(18)30-22/h2-4,7-10,12,15H,5-6,11,13-14H2,1H3,(H,23,27)/t15-/m0/s1. The first-order valence-corrected chi connectivity index (χ1v) is 10.6. The van der Waals surface area contributed by atoms with Crippen LogP contribution in [0.3, 0.4) is 0 Å². The Kier molecular flexibility index (Phi) is 6.13. The minimum Gasteiger partial charge on any atom is -0.482 e. The number of methoxy groups -OCH3 is 1. The first-order chi connectivity index (χ1) is 14.6. The molecule has 1 fully saturated rings. The Morgan fingerprint density at radius 3 is 2.93 bits per heavy atom. The van der Waals surface area contributed by atoms with E-state index in [1.165, 1.54) is 7.11 Å². The van der Waals surface area contributed by atoms with Crippen molar-refractivity contribution in [1.29, 1.82) is 0 Å². The van der Waals surface area contributed by atoms with Gasteiger partial charge < -0.3 is 19.7 Å². The summed E-state index contributed by atoms with van der Waals surface area (Å²) in [4.78, 5) is 31.0. The fourth-order valence-electron chi connectivity index (χ4n) is 3.47. The number of para-hydroxylation sites is 1. The Bertz CT molecular complexity index is 1020. The van der Waals surface area contributed by atoms with E-state index in [0.29, 0.717) is 18.0 Å². The largest absolute Gasteiger partial charge is 0.482 e. The lowest BCUT2D eigenvalue weighted by atomic mass is 9.97. The molecule has 1 N–H and O–H groups in total. The minimum atomic E-state index is -0.457. The topological polar surface area (TPSA) is 80.8 Å². The summed E-state index contributed by atoms with van der Waals surface area (Å²) in [7, 11) is 1.31. The summed E-state index contributed by atoms with van der Waals surface area (Å²) in [5.41, 5.74) is 1.63. The van der Waals surface area contributed by atoms with E-state index < -0.39 is 5.97 Å². The molecule has 4 rings (SSSR count). The predicted molar refractivity (Wildman–Crippen MR) is 117 cm³/mol. The molecule has 156 valence electrons. The zero-order chi connectivity index (χ0) is 20.9. The van der Waals surface area contributed by atoms with Gasteiger partial charge in [-0.2, -0.15) is 0 Å². The fraction of sp³-hybridized carbons (Fsp3) is 0.318. The van der Waals surface area contributed by atoms with Crippen LogP contribution in [0, 0.1) is 5.92 Å². The molecule has 1 amide bonds. The number of ether oxygens (including phenoxy) is 2. The third kappa shape index (κ3) is 4.71. The second-order valence-electron chi connectivity index (χ2n) is 7.13. The first kappa shape index (κ1) is 20.2. The summed E-state index contributed by atoms with van der Waals surface area (Å²) in [6.07, 6.45) is 1.78. The van der Waals surface area contributed by atoms with Crippen molar-refractivity contribution < 1.29 is 19.1 Å². The van der Waals surface area contributed by atoms with Gasteiger partial charge in [-0.1, -0.05) is 29.5 Å². The number of amides is 1. The van der Waals surface area contributed by atoms with Crippen LogP contribution in [0.4, 0.5) is 10.8 Å². The number of nitrogens with zero attached hydrogens (tertiary/aromatic N) is 2. The van der Waals surface area contributed by atoms with Crippen molar-refractivity contribution in [1.82, 2.24) is 4.98 Å². The first-order valence-electron chi connectivity index (χ1n) is 9.83. The average molecular weight is 426 g/mol.